The van der Waals surface area contributed by atoms with Gasteiger partial charge in [0.2, 0.25) is 5.95 Å². The van der Waals surface area contributed by atoms with Gasteiger partial charge in [-0.05, 0) is 54.8 Å². The van der Waals surface area contributed by atoms with Crippen molar-refractivity contribution in [2.24, 2.45) is 4.99 Å². The van der Waals surface area contributed by atoms with E-state index in [1.165, 1.54) is 0 Å². The fourth-order valence-corrected chi connectivity index (χ4v) is 4.20. The zero-order valence-corrected chi connectivity index (χ0v) is 19.5. The molecule has 0 spiro atoms. The first-order chi connectivity index (χ1) is 17.2. The molecule has 11 heteroatoms. The molecular weight excluding hydrogens is 471 g/mol. The second kappa shape index (κ2) is 9.06. The Labute approximate surface area is 205 Å². The number of amides is 1. The largest absolute Gasteiger partial charge is 0.416 e. The number of benzene rings is 1. The van der Waals surface area contributed by atoms with Gasteiger partial charge in [-0.25, -0.2) is 4.98 Å². The van der Waals surface area contributed by atoms with Crippen LogP contribution in [0.15, 0.2) is 47.7 Å². The van der Waals surface area contributed by atoms with Gasteiger partial charge in [-0.3, -0.25) is 14.8 Å². The molecule has 0 atom stereocenters. The Balaban J connectivity index is 1.51. The van der Waals surface area contributed by atoms with Crippen LogP contribution in [0, 0.1) is 6.92 Å². The number of aryl methyl sites for hydroxylation is 1. The minimum absolute atomic E-state index is 0.321. The number of carbonyl (C=O) groups is 1. The molecule has 0 saturated carbocycles. The zero-order chi connectivity index (χ0) is 25.4. The lowest BCUT2D eigenvalue weighted by Gasteiger charge is -2.34. The maximum Gasteiger partial charge on any atom is 0.416 e. The van der Waals surface area contributed by atoms with Gasteiger partial charge in [0, 0.05) is 49.4 Å². The molecule has 0 aliphatic carbocycles. The van der Waals surface area contributed by atoms with E-state index in [1.807, 2.05) is 19.1 Å². The lowest BCUT2D eigenvalue weighted by molar-refractivity contribution is -0.137. The van der Waals surface area contributed by atoms with E-state index in [-0.39, 0.29) is 5.69 Å². The number of nitrogens with one attached hydrogen (secondary N) is 2. The Hall–Kier alpha value is -4.28. The van der Waals surface area contributed by atoms with E-state index < -0.39 is 17.6 Å². The number of alkyl halides is 3. The maximum atomic E-state index is 13.1. The second-order valence-corrected chi connectivity index (χ2v) is 8.40. The van der Waals surface area contributed by atoms with Crippen LogP contribution in [-0.4, -0.2) is 46.8 Å². The highest BCUT2D eigenvalue weighted by molar-refractivity contribution is 6.35. The number of nitrogens with zero attached hydrogens (tertiary/aromatic N) is 5. The molecule has 3 aromatic rings. The number of pyridine rings is 1. The number of hydrogen-bond donors (Lipinski definition) is 2. The molecule has 1 amide bonds. The van der Waals surface area contributed by atoms with Crippen molar-refractivity contribution in [3.8, 4) is 0 Å². The first-order valence-corrected chi connectivity index (χ1v) is 11.3. The zero-order valence-electron chi connectivity index (χ0n) is 19.5. The number of aliphatic imine (C=N–C) groups is 1. The lowest BCUT2D eigenvalue weighted by atomic mass is 9.93. The third-order valence-corrected chi connectivity index (χ3v) is 5.98. The Kier molecular flexibility index (Phi) is 5.91. The summed E-state index contributed by atoms with van der Waals surface area (Å²) in [7, 11) is 1.76. The highest BCUT2D eigenvalue weighted by Gasteiger charge is 2.32. The predicted molar refractivity (Wildman–Crippen MR) is 132 cm³/mol. The van der Waals surface area contributed by atoms with Gasteiger partial charge in [-0.2, -0.15) is 18.2 Å². The van der Waals surface area contributed by atoms with Gasteiger partial charge in [0.05, 0.1) is 5.56 Å². The topological polar surface area (TPSA) is 95.4 Å². The molecule has 8 nitrogen and oxygen atoms in total. The van der Waals surface area contributed by atoms with E-state index in [2.05, 4.69) is 30.5 Å². The maximum absolute atomic E-state index is 13.1. The number of amidine groups is 1. The Morgan fingerprint density at radius 2 is 1.97 bits per heavy atom. The SMILES string of the molecule is CNc1ncc2c(n1)N1CCCN=C1C(c1cc(NC(=O)c3cc(C(F)(F)F)ccn3)ccc1C)=C2. The van der Waals surface area contributed by atoms with Crippen molar-refractivity contribution in [2.75, 3.05) is 35.7 Å². The molecule has 0 saturated heterocycles. The van der Waals surface area contributed by atoms with Crippen molar-refractivity contribution in [1.82, 2.24) is 15.0 Å². The van der Waals surface area contributed by atoms with Gasteiger partial charge in [-0.1, -0.05) is 6.07 Å². The summed E-state index contributed by atoms with van der Waals surface area (Å²) in [5.74, 6) is 1.33. The number of fused-ring (bicyclic) bond motifs is 3. The molecule has 0 fully saturated rings. The molecule has 1 aromatic carbocycles. The molecule has 2 N–H and O–H groups in total. The highest BCUT2D eigenvalue weighted by Crippen LogP contribution is 2.37. The summed E-state index contributed by atoms with van der Waals surface area (Å²) < 4.78 is 39.2. The second-order valence-electron chi connectivity index (χ2n) is 8.40. The Morgan fingerprint density at radius 1 is 1.14 bits per heavy atom. The minimum Gasteiger partial charge on any atom is -0.357 e. The quantitative estimate of drug-likeness (QED) is 0.549. The van der Waals surface area contributed by atoms with Crippen LogP contribution in [0.3, 0.4) is 0 Å². The van der Waals surface area contributed by atoms with Crippen LogP contribution < -0.4 is 15.5 Å². The number of aromatic nitrogens is 3. The lowest BCUT2D eigenvalue weighted by Crippen LogP contribution is -2.39. The van der Waals surface area contributed by atoms with Gasteiger partial charge in [0.1, 0.15) is 17.3 Å². The van der Waals surface area contributed by atoms with E-state index in [1.54, 1.807) is 25.4 Å². The fraction of sp³-hybridized carbons (Fsp3) is 0.240. The van der Waals surface area contributed by atoms with Gasteiger partial charge < -0.3 is 15.5 Å². The molecule has 0 unspecified atom stereocenters. The van der Waals surface area contributed by atoms with Crippen LogP contribution >= 0.6 is 0 Å². The van der Waals surface area contributed by atoms with E-state index in [4.69, 9.17) is 4.99 Å². The van der Waals surface area contributed by atoms with E-state index >= 15 is 0 Å². The van der Waals surface area contributed by atoms with Crippen molar-refractivity contribution in [3.05, 3.63) is 70.7 Å². The van der Waals surface area contributed by atoms with Crippen molar-refractivity contribution < 1.29 is 18.0 Å². The van der Waals surface area contributed by atoms with Crippen molar-refractivity contribution in [1.29, 1.82) is 0 Å². The number of carbonyl (C=O) groups excluding carboxylic acids is 1. The average Bonchev–Trinajstić information content (AvgIpc) is 2.88. The van der Waals surface area contributed by atoms with E-state index in [0.29, 0.717) is 18.2 Å². The van der Waals surface area contributed by atoms with Gasteiger partial charge in [-0.15, -0.1) is 0 Å². The smallest absolute Gasteiger partial charge is 0.357 e. The highest BCUT2D eigenvalue weighted by atomic mass is 19.4. The molecule has 2 aliphatic heterocycles. The summed E-state index contributed by atoms with van der Waals surface area (Å²) in [4.78, 5) is 32.3. The number of anilines is 3. The summed E-state index contributed by atoms with van der Waals surface area (Å²) in [6, 6.07) is 6.89. The summed E-state index contributed by atoms with van der Waals surface area (Å²) in [5, 5.41) is 5.63. The van der Waals surface area contributed by atoms with Crippen molar-refractivity contribution in [3.63, 3.8) is 0 Å². The molecule has 0 radical (unpaired) electrons. The summed E-state index contributed by atoms with van der Waals surface area (Å²) in [6.07, 6.45) is 1.01. The van der Waals surface area contributed by atoms with Crippen LogP contribution in [0.2, 0.25) is 0 Å². The number of rotatable bonds is 4. The van der Waals surface area contributed by atoms with Crippen LogP contribution in [0.1, 0.15) is 39.2 Å². The molecule has 36 heavy (non-hydrogen) atoms. The number of halogens is 3. The van der Waals surface area contributed by atoms with Crippen LogP contribution in [-0.2, 0) is 6.18 Å². The molecule has 2 aliphatic rings. The first-order valence-electron chi connectivity index (χ1n) is 11.3. The Bertz CT molecular complexity index is 1420. The van der Waals surface area contributed by atoms with Crippen LogP contribution in [0.4, 0.5) is 30.6 Å². The van der Waals surface area contributed by atoms with Crippen molar-refractivity contribution >= 4 is 40.8 Å². The first kappa shape index (κ1) is 23.5. The monoisotopic (exact) mass is 493 g/mol. The Morgan fingerprint density at radius 3 is 2.75 bits per heavy atom. The van der Waals surface area contributed by atoms with Gasteiger partial charge in [0.15, 0.2) is 0 Å². The summed E-state index contributed by atoms with van der Waals surface area (Å²) >= 11 is 0. The number of hydrogen-bond acceptors (Lipinski definition) is 7. The average molecular weight is 493 g/mol. The molecular formula is C25H22F3N7O. The van der Waals surface area contributed by atoms with Crippen LogP contribution in [0.25, 0.3) is 11.6 Å². The normalized spacial score (nSPS) is 14.9. The molecule has 2 aromatic heterocycles. The third kappa shape index (κ3) is 4.39. The van der Waals surface area contributed by atoms with Gasteiger partial charge in [0.25, 0.3) is 5.91 Å². The van der Waals surface area contributed by atoms with Gasteiger partial charge >= 0.3 is 6.18 Å². The van der Waals surface area contributed by atoms with Crippen molar-refractivity contribution in [2.45, 2.75) is 19.5 Å². The third-order valence-electron chi connectivity index (χ3n) is 5.98. The summed E-state index contributed by atoms with van der Waals surface area (Å²) in [6.45, 7) is 3.37. The molecule has 0 bridgehead atoms. The standard InChI is InChI=1S/C25H22F3N7O/c1-14-4-5-17(33-23(36)20-11-16(6-8-30-20)25(26,27)28)12-18(14)19-10-15-13-32-24(29-2)34-21(15)35-9-3-7-31-22(19)35/h4-6,8,10-13H,3,7,9H2,1-2H3,(H,33,36)(H,29,32,34). The fourth-order valence-electron chi connectivity index (χ4n) is 4.20. The van der Waals surface area contributed by atoms with E-state index in [0.717, 1.165) is 65.2 Å². The van der Waals surface area contributed by atoms with E-state index in [9.17, 15) is 18.0 Å². The summed E-state index contributed by atoms with van der Waals surface area (Å²) in [5.41, 5.74) is 2.65. The molecule has 184 valence electrons. The minimum atomic E-state index is -4.57. The predicted octanol–water partition coefficient (Wildman–Crippen LogP) is 4.66. The molecule has 5 rings (SSSR count). The van der Waals surface area contributed by atoms with Crippen LogP contribution in [0.5, 0.6) is 0 Å². The molecule has 4 heterocycles.